The minimum Gasteiger partial charge on any atom is -0.466 e. The second kappa shape index (κ2) is 27.1. The third-order valence-corrected chi connectivity index (χ3v) is 8.15. The summed E-state index contributed by atoms with van der Waals surface area (Å²) >= 11 is 0. The fraction of sp³-hybridized carbons (Fsp3) is 0.550. The van der Waals surface area contributed by atoms with Crippen LogP contribution in [0.5, 0.6) is 0 Å². The number of carbonyl (C=O) groups is 6. The minimum atomic E-state index is -0.908. The van der Waals surface area contributed by atoms with E-state index in [1.807, 2.05) is 60.7 Å². The maximum Gasteiger partial charge on any atom is 0.328 e. The number of carbonyl (C=O) groups excluding carboxylic acids is 6. The van der Waals surface area contributed by atoms with Gasteiger partial charge in [0.25, 0.3) is 0 Å². The van der Waals surface area contributed by atoms with Crippen LogP contribution < -0.4 is 10.6 Å². The monoisotopic (exact) mass is 724 g/mol. The lowest BCUT2D eigenvalue weighted by atomic mass is 10.1. The standard InChI is InChI=1S/C40H56N2O10/c1-31(43)21-23-37(45)49-25-13-3-4-14-26-50-38(46)24-22-36(44)42-35(30-33-19-11-8-12-20-33)40(48)52-28-16-6-5-15-27-51-39(47)34(41-2)29-32-17-9-7-10-18-32/h7-12,17-20,34-35,41H,3-6,13-16,21-30H2,1-2H3,(H,42,44). The van der Waals surface area contributed by atoms with Gasteiger partial charge in [-0.25, -0.2) is 4.79 Å². The van der Waals surface area contributed by atoms with Gasteiger partial charge in [-0.2, -0.15) is 0 Å². The van der Waals surface area contributed by atoms with Gasteiger partial charge in [0.05, 0.1) is 39.3 Å². The zero-order valence-corrected chi connectivity index (χ0v) is 30.7. The van der Waals surface area contributed by atoms with Crippen LogP contribution >= 0.6 is 0 Å². The molecule has 0 spiro atoms. The number of rotatable bonds is 28. The van der Waals surface area contributed by atoms with Crippen molar-refractivity contribution in [1.29, 1.82) is 0 Å². The molecule has 12 nitrogen and oxygen atoms in total. The Morgan fingerprint density at radius 3 is 1.37 bits per heavy atom. The van der Waals surface area contributed by atoms with E-state index >= 15 is 0 Å². The first-order chi connectivity index (χ1) is 25.2. The molecule has 0 aliphatic heterocycles. The highest BCUT2D eigenvalue weighted by Crippen LogP contribution is 2.09. The summed E-state index contributed by atoms with van der Waals surface area (Å²) in [6, 6.07) is 17.7. The Morgan fingerprint density at radius 1 is 0.519 bits per heavy atom. The zero-order chi connectivity index (χ0) is 37.8. The number of unbranched alkanes of at least 4 members (excludes halogenated alkanes) is 6. The van der Waals surface area contributed by atoms with Crippen molar-refractivity contribution < 1.29 is 47.7 Å². The molecule has 2 N–H and O–H groups in total. The summed E-state index contributed by atoms with van der Waals surface area (Å²) in [5, 5.41) is 5.73. The van der Waals surface area contributed by atoms with E-state index < -0.39 is 29.9 Å². The number of ketones is 1. The van der Waals surface area contributed by atoms with Crippen molar-refractivity contribution in [2.75, 3.05) is 33.5 Å². The first-order valence-corrected chi connectivity index (χ1v) is 18.4. The van der Waals surface area contributed by atoms with Gasteiger partial charge in [0, 0.05) is 19.3 Å². The second-order valence-corrected chi connectivity index (χ2v) is 12.6. The van der Waals surface area contributed by atoms with E-state index in [9.17, 15) is 28.8 Å². The molecule has 2 unspecified atom stereocenters. The molecule has 52 heavy (non-hydrogen) atoms. The normalized spacial score (nSPS) is 11.9. The fourth-order valence-corrected chi connectivity index (χ4v) is 5.13. The van der Waals surface area contributed by atoms with Crippen LogP contribution in [0.3, 0.4) is 0 Å². The van der Waals surface area contributed by atoms with Crippen molar-refractivity contribution in [3.8, 4) is 0 Å². The summed E-state index contributed by atoms with van der Waals surface area (Å²) in [5.74, 6) is -2.21. The van der Waals surface area contributed by atoms with E-state index in [1.54, 1.807) is 7.05 Å². The summed E-state index contributed by atoms with van der Waals surface area (Å²) in [7, 11) is 1.74. The molecule has 0 saturated heterocycles. The van der Waals surface area contributed by atoms with Crippen LogP contribution in [0.4, 0.5) is 0 Å². The van der Waals surface area contributed by atoms with Crippen molar-refractivity contribution in [3.05, 3.63) is 71.8 Å². The highest BCUT2D eigenvalue weighted by atomic mass is 16.5. The number of ether oxygens (including phenoxy) is 4. The lowest BCUT2D eigenvalue weighted by Crippen LogP contribution is -2.43. The smallest absolute Gasteiger partial charge is 0.328 e. The Labute approximate surface area is 307 Å². The predicted octanol–water partition coefficient (Wildman–Crippen LogP) is 4.99. The van der Waals surface area contributed by atoms with Gasteiger partial charge in [-0.15, -0.1) is 0 Å². The third-order valence-electron chi connectivity index (χ3n) is 8.15. The van der Waals surface area contributed by atoms with Gasteiger partial charge in [-0.1, -0.05) is 60.7 Å². The Kier molecular flexibility index (Phi) is 22.7. The Hall–Kier alpha value is -4.58. The second-order valence-electron chi connectivity index (χ2n) is 12.6. The van der Waals surface area contributed by atoms with Gasteiger partial charge in [-0.3, -0.25) is 19.2 Å². The third kappa shape index (κ3) is 20.9. The largest absolute Gasteiger partial charge is 0.466 e. The predicted molar refractivity (Wildman–Crippen MR) is 195 cm³/mol. The molecular formula is C40H56N2O10. The van der Waals surface area contributed by atoms with E-state index in [0.717, 1.165) is 36.8 Å². The van der Waals surface area contributed by atoms with E-state index in [0.29, 0.717) is 45.3 Å². The highest BCUT2D eigenvalue weighted by molar-refractivity contribution is 5.86. The molecule has 2 rings (SSSR count). The van der Waals surface area contributed by atoms with E-state index in [1.165, 1.54) is 6.92 Å². The molecule has 0 heterocycles. The number of amides is 1. The van der Waals surface area contributed by atoms with Crippen molar-refractivity contribution >= 4 is 35.6 Å². The number of hydrogen-bond acceptors (Lipinski definition) is 11. The van der Waals surface area contributed by atoms with Crippen molar-refractivity contribution in [3.63, 3.8) is 0 Å². The summed E-state index contributed by atoms with van der Waals surface area (Å²) in [6.07, 6.45) is 6.63. The van der Waals surface area contributed by atoms with Crippen LogP contribution in [0.1, 0.15) is 95.1 Å². The maximum atomic E-state index is 13.0. The summed E-state index contributed by atoms with van der Waals surface area (Å²) in [5.41, 5.74) is 1.91. The van der Waals surface area contributed by atoms with Gasteiger partial charge < -0.3 is 34.4 Å². The number of Topliss-reactive ketones (excluding diaryl/α,β-unsaturated/α-hetero) is 1. The number of esters is 4. The highest BCUT2D eigenvalue weighted by Gasteiger charge is 2.23. The van der Waals surface area contributed by atoms with Crippen LogP contribution in [0.15, 0.2) is 60.7 Å². The molecule has 286 valence electrons. The van der Waals surface area contributed by atoms with Crippen LogP contribution in [0.25, 0.3) is 0 Å². The number of benzene rings is 2. The molecule has 0 aliphatic rings. The van der Waals surface area contributed by atoms with Gasteiger partial charge >= 0.3 is 23.9 Å². The first kappa shape index (κ1) is 43.6. The van der Waals surface area contributed by atoms with Gasteiger partial charge in [0.1, 0.15) is 17.9 Å². The fourth-order valence-electron chi connectivity index (χ4n) is 5.13. The molecule has 2 aromatic carbocycles. The first-order valence-electron chi connectivity index (χ1n) is 18.4. The molecule has 0 aliphatic carbocycles. The zero-order valence-electron chi connectivity index (χ0n) is 30.7. The molecular weight excluding hydrogens is 668 g/mol. The molecule has 0 radical (unpaired) electrons. The minimum absolute atomic E-state index is 0.0496. The molecule has 0 fully saturated rings. The number of likely N-dealkylation sites (N-methyl/N-ethyl adjacent to an activating group) is 1. The van der Waals surface area contributed by atoms with Gasteiger partial charge in [0.2, 0.25) is 5.91 Å². The molecule has 1 amide bonds. The molecule has 2 atom stereocenters. The Balaban J connectivity index is 1.61. The van der Waals surface area contributed by atoms with Crippen molar-refractivity contribution in [2.24, 2.45) is 0 Å². The van der Waals surface area contributed by atoms with Crippen LogP contribution in [-0.4, -0.2) is 81.1 Å². The van der Waals surface area contributed by atoms with Gasteiger partial charge in [-0.05, 0) is 82.9 Å². The average Bonchev–Trinajstić information content (AvgIpc) is 3.14. The SMILES string of the molecule is CNC(Cc1ccccc1)C(=O)OCCCCCCOC(=O)C(Cc1ccccc1)NC(=O)CCC(=O)OCCCCCCOC(=O)CCC(C)=O. The summed E-state index contributed by atoms with van der Waals surface area (Å²) in [6.45, 7) is 2.45. The van der Waals surface area contributed by atoms with Crippen LogP contribution in [0.2, 0.25) is 0 Å². The maximum absolute atomic E-state index is 13.0. The van der Waals surface area contributed by atoms with Gasteiger partial charge in [0.15, 0.2) is 0 Å². The van der Waals surface area contributed by atoms with E-state index in [4.69, 9.17) is 18.9 Å². The van der Waals surface area contributed by atoms with E-state index in [2.05, 4.69) is 10.6 Å². The average molecular weight is 725 g/mol. The number of nitrogens with one attached hydrogen (secondary N) is 2. The van der Waals surface area contributed by atoms with Crippen molar-refractivity contribution in [1.82, 2.24) is 10.6 Å². The Bertz CT molecular complexity index is 1350. The van der Waals surface area contributed by atoms with Crippen LogP contribution in [-0.2, 0) is 60.6 Å². The molecule has 2 aromatic rings. The lowest BCUT2D eigenvalue weighted by Gasteiger charge is -2.18. The van der Waals surface area contributed by atoms with Crippen molar-refractivity contribution in [2.45, 2.75) is 109 Å². The quantitative estimate of drug-likeness (QED) is 0.0691. The number of hydrogen-bond donors (Lipinski definition) is 2. The summed E-state index contributed by atoms with van der Waals surface area (Å²) < 4.78 is 21.3. The van der Waals surface area contributed by atoms with Crippen LogP contribution in [0, 0.1) is 0 Å². The molecule has 0 saturated carbocycles. The molecule has 12 heteroatoms. The van der Waals surface area contributed by atoms with E-state index in [-0.39, 0.29) is 63.0 Å². The topological polar surface area (TPSA) is 163 Å². The molecule has 0 aromatic heterocycles. The lowest BCUT2D eigenvalue weighted by molar-refractivity contribution is -0.148. The summed E-state index contributed by atoms with van der Waals surface area (Å²) in [4.78, 5) is 72.8. The Morgan fingerprint density at radius 2 is 0.923 bits per heavy atom. The molecule has 0 bridgehead atoms.